The molecular weight excluding hydrogens is 248 g/mol. The van der Waals surface area contributed by atoms with Crippen LogP contribution in [-0.4, -0.2) is 29.4 Å². The lowest BCUT2D eigenvalue weighted by molar-refractivity contribution is 0.0731. The molecule has 0 aliphatic rings. The molecular formula is C13H18N2O2S. The van der Waals surface area contributed by atoms with Crippen molar-refractivity contribution in [1.82, 2.24) is 9.55 Å². The largest absolute Gasteiger partial charge is 0.497 e. The molecule has 2 rings (SSSR count). The highest BCUT2D eigenvalue weighted by Gasteiger charge is 2.05. The molecule has 2 aromatic rings. The second-order valence-corrected chi connectivity index (χ2v) is 4.77. The fraction of sp³-hybridized carbons (Fsp3) is 0.462. The number of imidazole rings is 1. The molecule has 1 aromatic heterocycles. The zero-order valence-electron chi connectivity index (χ0n) is 10.9. The summed E-state index contributed by atoms with van der Waals surface area (Å²) in [5.41, 5.74) is 2.07. The van der Waals surface area contributed by atoms with Gasteiger partial charge in [0.05, 0.1) is 30.9 Å². The lowest BCUT2D eigenvalue weighted by Crippen LogP contribution is -2.10. The first-order chi connectivity index (χ1) is 8.61. The second kappa shape index (κ2) is 5.54. The van der Waals surface area contributed by atoms with E-state index in [4.69, 9.17) is 21.7 Å². The topological polar surface area (TPSA) is 39.2 Å². The van der Waals surface area contributed by atoms with Crippen LogP contribution in [-0.2, 0) is 11.3 Å². The van der Waals surface area contributed by atoms with E-state index in [9.17, 15) is 0 Å². The van der Waals surface area contributed by atoms with Crippen LogP contribution in [0.25, 0.3) is 11.0 Å². The van der Waals surface area contributed by atoms with Crippen molar-refractivity contribution in [3.8, 4) is 5.75 Å². The highest BCUT2D eigenvalue weighted by molar-refractivity contribution is 7.71. The molecule has 0 spiro atoms. The van der Waals surface area contributed by atoms with Crippen molar-refractivity contribution in [2.45, 2.75) is 26.5 Å². The number of ether oxygens (including phenoxy) is 2. The number of fused-ring (bicyclic) bond motifs is 1. The number of H-pyrrole nitrogens is 1. The summed E-state index contributed by atoms with van der Waals surface area (Å²) in [4.78, 5) is 3.18. The molecule has 1 N–H and O–H groups in total. The summed E-state index contributed by atoms with van der Waals surface area (Å²) >= 11 is 5.32. The fourth-order valence-corrected chi connectivity index (χ4v) is 2.17. The zero-order chi connectivity index (χ0) is 13.1. The van der Waals surface area contributed by atoms with Gasteiger partial charge in [0.2, 0.25) is 0 Å². The SMILES string of the molecule is COc1ccc2c(c1)[nH]c(=S)n2CCOC(C)C. The number of methoxy groups -OCH3 is 1. The molecule has 1 aromatic carbocycles. The summed E-state index contributed by atoms with van der Waals surface area (Å²) in [6, 6.07) is 5.89. The molecule has 0 atom stereocenters. The number of hydrogen-bond acceptors (Lipinski definition) is 3. The number of nitrogens with zero attached hydrogens (tertiary/aromatic N) is 1. The van der Waals surface area contributed by atoms with E-state index in [2.05, 4.69) is 4.98 Å². The Labute approximate surface area is 112 Å². The van der Waals surface area contributed by atoms with Gasteiger partial charge in [-0.1, -0.05) is 0 Å². The van der Waals surface area contributed by atoms with Crippen molar-refractivity contribution >= 4 is 23.3 Å². The molecule has 0 saturated carbocycles. The van der Waals surface area contributed by atoms with Crippen LogP contribution in [0.3, 0.4) is 0 Å². The van der Waals surface area contributed by atoms with Gasteiger partial charge in [-0.25, -0.2) is 0 Å². The lowest BCUT2D eigenvalue weighted by Gasteiger charge is -2.08. The van der Waals surface area contributed by atoms with Gasteiger partial charge < -0.3 is 19.0 Å². The highest BCUT2D eigenvalue weighted by atomic mass is 32.1. The van der Waals surface area contributed by atoms with Gasteiger partial charge in [0.15, 0.2) is 4.77 Å². The van der Waals surface area contributed by atoms with Crippen molar-refractivity contribution in [3.63, 3.8) is 0 Å². The van der Waals surface area contributed by atoms with Crippen LogP contribution >= 0.6 is 12.2 Å². The molecule has 1 heterocycles. The van der Waals surface area contributed by atoms with Crippen molar-refractivity contribution in [1.29, 1.82) is 0 Å². The molecule has 0 fully saturated rings. The van der Waals surface area contributed by atoms with E-state index in [1.165, 1.54) is 0 Å². The summed E-state index contributed by atoms with van der Waals surface area (Å²) in [7, 11) is 1.66. The molecule has 4 nitrogen and oxygen atoms in total. The number of benzene rings is 1. The lowest BCUT2D eigenvalue weighted by atomic mass is 10.3. The maximum Gasteiger partial charge on any atom is 0.178 e. The predicted octanol–water partition coefficient (Wildman–Crippen LogP) is 3.13. The normalized spacial score (nSPS) is 11.3. The molecule has 0 unspecified atom stereocenters. The maximum atomic E-state index is 5.56. The van der Waals surface area contributed by atoms with Gasteiger partial charge in [0.1, 0.15) is 5.75 Å². The summed E-state index contributed by atoms with van der Waals surface area (Å²) in [6.07, 6.45) is 0.240. The molecule has 0 bridgehead atoms. The summed E-state index contributed by atoms with van der Waals surface area (Å²) in [5.74, 6) is 0.823. The third kappa shape index (κ3) is 2.73. The molecule has 0 amide bonds. The van der Waals surface area contributed by atoms with Gasteiger partial charge in [-0.3, -0.25) is 0 Å². The third-order valence-electron chi connectivity index (χ3n) is 2.75. The first-order valence-corrected chi connectivity index (χ1v) is 6.41. The van der Waals surface area contributed by atoms with Crippen LogP contribution in [0, 0.1) is 4.77 Å². The van der Waals surface area contributed by atoms with Crippen LogP contribution in [0.2, 0.25) is 0 Å². The second-order valence-electron chi connectivity index (χ2n) is 4.38. The average molecular weight is 266 g/mol. The monoisotopic (exact) mass is 266 g/mol. The highest BCUT2D eigenvalue weighted by Crippen LogP contribution is 2.20. The Bertz CT molecular complexity index is 586. The Balaban J connectivity index is 2.27. The van der Waals surface area contributed by atoms with Gasteiger partial charge in [-0.15, -0.1) is 0 Å². The standard InChI is InChI=1S/C13H18N2O2S/c1-9(2)17-7-6-15-12-5-4-10(16-3)8-11(12)14-13(15)18/h4-5,8-9H,6-7H2,1-3H3,(H,14,18). The van der Waals surface area contributed by atoms with E-state index in [0.717, 1.165) is 23.3 Å². The van der Waals surface area contributed by atoms with Crippen LogP contribution in [0.15, 0.2) is 18.2 Å². The van der Waals surface area contributed by atoms with E-state index in [0.29, 0.717) is 11.4 Å². The molecule has 18 heavy (non-hydrogen) atoms. The van der Waals surface area contributed by atoms with Gasteiger partial charge in [-0.05, 0) is 38.2 Å². The van der Waals surface area contributed by atoms with Crippen molar-refractivity contribution in [2.24, 2.45) is 0 Å². The predicted molar refractivity (Wildman–Crippen MR) is 74.8 cm³/mol. The maximum absolute atomic E-state index is 5.56. The Morgan fingerprint density at radius 2 is 2.17 bits per heavy atom. The van der Waals surface area contributed by atoms with Gasteiger partial charge >= 0.3 is 0 Å². The first kappa shape index (κ1) is 13.1. The van der Waals surface area contributed by atoms with Gasteiger partial charge in [0.25, 0.3) is 0 Å². The summed E-state index contributed by atoms with van der Waals surface area (Å²) < 4.78 is 13.5. The van der Waals surface area contributed by atoms with Crippen LogP contribution in [0.5, 0.6) is 5.75 Å². The zero-order valence-corrected chi connectivity index (χ0v) is 11.7. The van der Waals surface area contributed by atoms with E-state index < -0.39 is 0 Å². The average Bonchev–Trinajstić information content (AvgIpc) is 2.64. The Kier molecular flexibility index (Phi) is 4.04. The molecule has 0 radical (unpaired) electrons. The van der Waals surface area contributed by atoms with Crippen molar-refractivity contribution in [3.05, 3.63) is 23.0 Å². The Morgan fingerprint density at radius 1 is 1.39 bits per heavy atom. The fourth-order valence-electron chi connectivity index (χ4n) is 1.87. The van der Waals surface area contributed by atoms with E-state index in [1.807, 2.05) is 36.6 Å². The molecule has 0 saturated heterocycles. The van der Waals surface area contributed by atoms with Gasteiger partial charge in [0, 0.05) is 12.6 Å². The summed E-state index contributed by atoms with van der Waals surface area (Å²) in [5, 5.41) is 0. The summed E-state index contributed by atoms with van der Waals surface area (Å²) in [6.45, 7) is 5.47. The van der Waals surface area contributed by atoms with Crippen LogP contribution in [0.1, 0.15) is 13.8 Å². The Hall–Kier alpha value is -1.33. The third-order valence-corrected chi connectivity index (χ3v) is 3.07. The smallest absolute Gasteiger partial charge is 0.178 e. The molecule has 0 aliphatic carbocycles. The molecule has 98 valence electrons. The van der Waals surface area contributed by atoms with Crippen molar-refractivity contribution in [2.75, 3.05) is 13.7 Å². The van der Waals surface area contributed by atoms with Crippen LogP contribution in [0.4, 0.5) is 0 Å². The number of aromatic nitrogens is 2. The number of hydrogen-bond donors (Lipinski definition) is 1. The first-order valence-electron chi connectivity index (χ1n) is 6.00. The minimum absolute atomic E-state index is 0.240. The minimum Gasteiger partial charge on any atom is -0.497 e. The van der Waals surface area contributed by atoms with E-state index in [1.54, 1.807) is 7.11 Å². The van der Waals surface area contributed by atoms with E-state index >= 15 is 0 Å². The number of aromatic amines is 1. The Morgan fingerprint density at radius 3 is 2.83 bits per heavy atom. The van der Waals surface area contributed by atoms with Gasteiger partial charge in [-0.2, -0.15) is 0 Å². The van der Waals surface area contributed by atoms with Crippen molar-refractivity contribution < 1.29 is 9.47 Å². The van der Waals surface area contributed by atoms with E-state index in [-0.39, 0.29) is 6.10 Å². The minimum atomic E-state index is 0.240. The molecule has 5 heteroatoms. The molecule has 0 aliphatic heterocycles. The number of nitrogens with one attached hydrogen (secondary N) is 1. The number of rotatable bonds is 5. The van der Waals surface area contributed by atoms with Crippen LogP contribution < -0.4 is 4.74 Å². The quantitative estimate of drug-likeness (QED) is 0.845.